The van der Waals surface area contributed by atoms with E-state index in [0.29, 0.717) is 33.5 Å². The van der Waals surface area contributed by atoms with Gasteiger partial charge in [0.25, 0.3) is 5.91 Å². The number of hydrogen-bond acceptors (Lipinski definition) is 3. The average molecular weight is 320 g/mol. The van der Waals surface area contributed by atoms with Crippen molar-refractivity contribution in [2.75, 3.05) is 10.6 Å². The molecule has 0 radical (unpaired) electrons. The van der Waals surface area contributed by atoms with Crippen LogP contribution < -0.4 is 21.1 Å². The SMILES string of the molecule is NC(=S)Nc1ccc2c(c1)C(=O)Nc1cc(Cl)ccc1O2. The Labute approximate surface area is 131 Å². The maximum atomic E-state index is 12.3. The van der Waals surface area contributed by atoms with Crippen LogP contribution in [0, 0.1) is 0 Å². The van der Waals surface area contributed by atoms with Gasteiger partial charge < -0.3 is 21.1 Å². The van der Waals surface area contributed by atoms with Gasteiger partial charge in [-0.1, -0.05) is 11.6 Å². The molecule has 106 valence electrons. The highest BCUT2D eigenvalue weighted by molar-refractivity contribution is 7.80. The van der Waals surface area contributed by atoms with Crippen molar-refractivity contribution < 1.29 is 9.53 Å². The van der Waals surface area contributed by atoms with Crippen molar-refractivity contribution in [1.82, 2.24) is 0 Å². The van der Waals surface area contributed by atoms with E-state index in [1.807, 2.05) is 0 Å². The zero-order chi connectivity index (χ0) is 15.0. The summed E-state index contributed by atoms with van der Waals surface area (Å²) >= 11 is 10.7. The standard InChI is InChI=1S/C14H10ClN3O2S/c15-7-1-3-12-10(5-7)18-13(19)9-6-8(17-14(16)21)2-4-11(9)20-12/h1-6H,(H,18,19)(H3,16,17,21). The first-order valence-electron chi connectivity index (χ1n) is 6.02. The van der Waals surface area contributed by atoms with E-state index in [0.717, 1.165) is 0 Å². The summed E-state index contributed by atoms with van der Waals surface area (Å²) in [5, 5.41) is 6.18. The monoisotopic (exact) mass is 319 g/mol. The first-order chi connectivity index (χ1) is 10.0. The van der Waals surface area contributed by atoms with Crippen molar-refractivity contribution in [1.29, 1.82) is 0 Å². The highest BCUT2D eigenvalue weighted by atomic mass is 35.5. The summed E-state index contributed by atoms with van der Waals surface area (Å²) in [5.41, 5.74) is 6.94. The second-order valence-corrected chi connectivity index (χ2v) is 5.27. The third-order valence-electron chi connectivity index (χ3n) is 2.90. The fraction of sp³-hybridized carbons (Fsp3) is 0. The van der Waals surface area contributed by atoms with Crippen LogP contribution in [0.4, 0.5) is 11.4 Å². The minimum Gasteiger partial charge on any atom is -0.454 e. The second kappa shape index (κ2) is 5.23. The highest BCUT2D eigenvalue weighted by Gasteiger charge is 2.21. The molecule has 1 heterocycles. The number of nitrogens with one attached hydrogen (secondary N) is 2. The second-order valence-electron chi connectivity index (χ2n) is 4.40. The Morgan fingerprint density at radius 2 is 2.00 bits per heavy atom. The van der Waals surface area contributed by atoms with Gasteiger partial charge in [-0.25, -0.2) is 0 Å². The van der Waals surface area contributed by atoms with Gasteiger partial charge in [0.2, 0.25) is 0 Å². The normalized spacial score (nSPS) is 12.3. The van der Waals surface area contributed by atoms with Crippen LogP contribution in [0.3, 0.4) is 0 Å². The van der Waals surface area contributed by atoms with Gasteiger partial charge in [0, 0.05) is 10.7 Å². The van der Waals surface area contributed by atoms with Crippen LogP contribution in [0.5, 0.6) is 11.5 Å². The summed E-state index contributed by atoms with van der Waals surface area (Å²) in [5.74, 6) is 0.682. The molecule has 1 amide bonds. The summed E-state index contributed by atoms with van der Waals surface area (Å²) in [6.45, 7) is 0. The summed E-state index contributed by atoms with van der Waals surface area (Å²) in [6, 6.07) is 10.1. The van der Waals surface area contributed by atoms with Gasteiger partial charge in [0.1, 0.15) is 5.75 Å². The Morgan fingerprint density at radius 3 is 2.76 bits per heavy atom. The molecule has 0 aromatic heterocycles. The smallest absolute Gasteiger partial charge is 0.259 e. The fourth-order valence-corrected chi connectivity index (χ4v) is 2.30. The summed E-state index contributed by atoms with van der Waals surface area (Å²) in [6.07, 6.45) is 0. The quantitative estimate of drug-likeness (QED) is 0.703. The number of hydrogen-bond donors (Lipinski definition) is 3. The number of ether oxygens (including phenoxy) is 1. The van der Waals surface area contributed by atoms with Crippen molar-refractivity contribution in [2.24, 2.45) is 5.73 Å². The van der Waals surface area contributed by atoms with Crippen LogP contribution in [0.15, 0.2) is 36.4 Å². The first kappa shape index (κ1) is 13.7. The Balaban J connectivity index is 2.04. The number of fused-ring (bicyclic) bond motifs is 2. The molecule has 2 aromatic rings. The molecule has 0 atom stereocenters. The van der Waals surface area contributed by atoms with Crippen molar-refractivity contribution in [2.45, 2.75) is 0 Å². The number of nitrogens with two attached hydrogens (primary N) is 1. The lowest BCUT2D eigenvalue weighted by molar-refractivity contribution is 0.102. The number of benzene rings is 2. The lowest BCUT2D eigenvalue weighted by Gasteiger charge is -2.09. The Morgan fingerprint density at radius 1 is 1.24 bits per heavy atom. The van der Waals surface area contributed by atoms with Crippen LogP contribution >= 0.6 is 23.8 Å². The summed E-state index contributed by atoms with van der Waals surface area (Å²) < 4.78 is 5.75. The topological polar surface area (TPSA) is 76.4 Å². The van der Waals surface area contributed by atoms with E-state index in [-0.39, 0.29) is 11.0 Å². The molecule has 21 heavy (non-hydrogen) atoms. The number of halogens is 1. The Hall–Kier alpha value is -2.31. The molecule has 0 spiro atoms. The van der Waals surface area contributed by atoms with Crippen molar-refractivity contribution in [3.8, 4) is 11.5 Å². The number of rotatable bonds is 1. The van der Waals surface area contributed by atoms with Crippen LogP contribution in [0.1, 0.15) is 10.4 Å². The van der Waals surface area contributed by atoms with Gasteiger partial charge in [0.15, 0.2) is 10.9 Å². The van der Waals surface area contributed by atoms with Gasteiger partial charge in [0.05, 0.1) is 11.3 Å². The van der Waals surface area contributed by atoms with E-state index in [1.165, 1.54) is 0 Å². The summed E-state index contributed by atoms with van der Waals surface area (Å²) in [4.78, 5) is 12.3. The molecule has 0 bridgehead atoms. The Kier molecular flexibility index (Phi) is 3.40. The predicted molar refractivity (Wildman–Crippen MR) is 86.3 cm³/mol. The van der Waals surface area contributed by atoms with E-state index in [9.17, 15) is 4.79 Å². The fourth-order valence-electron chi connectivity index (χ4n) is 2.01. The molecule has 0 aliphatic carbocycles. The first-order valence-corrected chi connectivity index (χ1v) is 6.81. The maximum Gasteiger partial charge on any atom is 0.259 e. The van der Waals surface area contributed by atoms with E-state index < -0.39 is 0 Å². The van der Waals surface area contributed by atoms with E-state index in [2.05, 4.69) is 10.6 Å². The molecule has 2 aromatic carbocycles. The number of thiocarbonyl (C=S) groups is 1. The number of carbonyl (C=O) groups is 1. The van der Waals surface area contributed by atoms with Crippen molar-refractivity contribution >= 4 is 46.2 Å². The number of amides is 1. The molecular weight excluding hydrogens is 310 g/mol. The van der Waals surface area contributed by atoms with E-state index >= 15 is 0 Å². The van der Waals surface area contributed by atoms with Gasteiger partial charge in [-0.05, 0) is 48.6 Å². The zero-order valence-corrected chi connectivity index (χ0v) is 12.2. The highest BCUT2D eigenvalue weighted by Crippen LogP contribution is 2.37. The molecule has 5 nitrogen and oxygen atoms in total. The molecule has 0 saturated heterocycles. The average Bonchev–Trinajstić information content (AvgIpc) is 2.54. The minimum absolute atomic E-state index is 0.125. The number of anilines is 2. The third kappa shape index (κ3) is 2.76. The van der Waals surface area contributed by atoms with Crippen LogP contribution in [-0.2, 0) is 0 Å². The van der Waals surface area contributed by atoms with Crippen LogP contribution in [-0.4, -0.2) is 11.0 Å². The zero-order valence-electron chi connectivity index (χ0n) is 10.6. The van der Waals surface area contributed by atoms with Gasteiger partial charge >= 0.3 is 0 Å². The largest absolute Gasteiger partial charge is 0.454 e. The molecule has 0 unspecified atom stereocenters. The van der Waals surface area contributed by atoms with Crippen molar-refractivity contribution in [3.63, 3.8) is 0 Å². The van der Waals surface area contributed by atoms with E-state index in [4.69, 9.17) is 34.3 Å². The lowest BCUT2D eigenvalue weighted by Crippen LogP contribution is -2.19. The molecule has 7 heteroatoms. The lowest BCUT2D eigenvalue weighted by atomic mass is 10.1. The predicted octanol–water partition coefficient (Wildman–Crippen LogP) is 3.35. The van der Waals surface area contributed by atoms with Crippen LogP contribution in [0.25, 0.3) is 0 Å². The maximum absolute atomic E-state index is 12.3. The molecule has 1 aliphatic rings. The summed E-state index contributed by atoms with van der Waals surface area (Å²) in [7, 11) is 0. The third-order valence-corrected chi connectivity index (χ3v) is 3.24. The van der Waals surface area contributed by atoms with E-state index in [1.54, 1.807) is 36.4 Å². The molecule has 1 aliphatic heterocycles. The van der Waals surface area contributed by atoms with Gasteiger partial charge in [-0.3, -0.25) is 4.79 Å². The van der Waals surface area contributed by atoms with Gasteiger partial charge in [-0.15, -0.1) is 0 Å². The molecule has 3 rings (SSSR count). The minimum atomic E-state index is -0.294. The molecule has 0 saturated carbocycles. The van der Waals surface area contributed by atoms with Gasteiger partial charge in [-0.2, -0.15) is 0 Å². The molecule has 0 fully saturated rings. The number of carbonyl (C=O) groups excluding carboxylic acids is 1. The molecule has 4 N–H and O–H groups in total. The molecular formula is C14H10ClN3O2S. The van der Waals surface area contributed by atoms with Crippen molar-refractivity contribution in [3.05, 3.63) is 47.0 Å². The van der Waals surface area contributed by atoms with Crippen LogP contribution in [0.2, 0.25) is 5.02 Å². The Bertz CT molecular complexity index is 764.